The zero-order valence-electron chi connectivity index (χ0n) is 19.1. The van der Waals surface area contributed by atoms with Crippen molar-refractivity contribution >= 4 is 11.6 Å². The fourth-order valence-electron chi connectivity index (χ4n) is 5.53. The van der Waals surface area contributed by atoms with E-state index in [0.717, 1.165) is 32.1 Å². The molecule has 2 aromatic rings. The summed E-state index contributed by atoms with van der Waals surface area (Å²) in [7, 11) is 1.87. The average Bonchev–Trinajstić information content (AvgIpc) is 3.44. The first-order valence-corrected chi connectivity index (χ1v) is 12.0. The van der Waals surface area contributed by atoms with Gasteiger partial charge in [0, 0.05) is 57.0 Å². The smallest absolute Gasteiger partial charge is 0.191 e. The summed E-state index contributed by atoms with van der Waals surface area (Å²) in [6.45, 7) is 3.90. The predicted molar refractivity (Wildman–Crippen MR) is 133 cm³/mol. The van der Waals surface area contributed by atoms with Gasteiger partial charge in [-0.25, -0.2) is 0 Å². The van der Waals surface area contributed by atoms with Crippen LogP contribution in [0.4, 0.5) is 5.69 Å². The summed E-state index contributed by atoms with van der Waals surface area (Å²) < 4.78 is 0. The van der Waals surface area contributed by atoms with Crippen LogP contribution in [-0.2, 0) is 13.1 Å². The molecule has 2 bridgehead atoms. The van der Waals surface area contributed by atoms with Crippen molar-refractivity contribution in [2.45, 2.75) is 56.9 Å². The lowest BCUT2D eigenvalue weighted by Crippen LogP contribution is -2.52. The van der Waals surface area contributed by atoms with E-state index in [-0.39, 0.29) is 0 Å². The second-order valence-electron chi connectivity index (χ2n) is 9.32. The third-order valence-electron chi connectivity index (χ3n) is 7.24. The fourth-order valence-corrected chi connectivity index (χ4v) is 5.53. The number of nitrogens with zero attached hydrogens (tertiary/aromatic N) is 3. The molecule has 0 radical (unpaired) electrons. The molecular weight excluding hydrogens is 394 g/mol. The Kier molecular flexibility index (Phi) is 6.44. The van der Waals surface area contributed by atoms with Crippen LogP contribution >= 0.6 is 0 Å². The van der Waals surface area contributed by atoms with E-state index in [1.54, 1.807) is 0 Å². The Labute approximate surface area is 192 Å². The maximum absolute atomic E-state index is 4.50. The molecule has 2 N–H and O–H groups in total. The van der Waals surface area contributed by atoms with Crippen LogP contribution in [0.2, 0.25) is 0 Å². The second-order valence-corrected chi connectivity index (χ2v) is 9.32. The molecule has 0 aromatic heterocycles. The number of rotatable bonds is 6. The topological polar surface area (TPSA) is 42.9 Å². The highest BCUT2D eigenvalue weighted by molar-refractivity contribution is 5.80. The molecule has 5 heteroatoms. The minimum absolute atomic E-state index is 0.496. The molecule has 3 heterocycles. The van der Waals surface area contributed by atoms with Crippen molar-refractivity contribution in [2.24, 2.45) is 4.99 Å². The largest absolute Gasteiger partial charge is 0.364 e. The maximum Gasteiger partial charge on any atom is 0.191 e. The van der Waals surface area contributed by atoms with Crippen molar-refractivity contribution < 1.29 is 0 Å². The second kappa shape index (κ2) is 9.78. The van der Waals surface area contributed by atoms with Gasteiger partial charge in [0.25, 0.3) is 0 Å². The molecule has 2 fully saturated rings. The highest BCUT2D eigenvalue weighted by atomic mass is 15.2. The Bertz CT molecular complexity index is 914. The van der Waals surface area contributed by atoms with Gasteiger partial charge in [0.15, 0.2) is 5.96 Å². The molecule has 2 atom stereocenters. The fraction of sp³-hybridized carbons (Fsp3) is 0.444. The molecule has 3 aliphatic rings. The summed E-state index contributed by atoms with van der Waals surface area (Å²) >= 11 is 0. The van der Waals surface area contributed by atoms with Crippen molar-refractivity contribution in [3.8, 4) is 0 Å². The van der Waals surface area contributed by atoms with Gasteiger partial charge in [0.2, 0.25) is 0 Å². The summed E-state index contributed by atoms with van der Waals surface area (Å²) in [5.41, 5.74) is 4.00. The lowest BCUT2D eigenvalue weighted by molar-refractivity contribution is 0.114. The molecule has 2 unspecified atom stereocenters. The van der Waals surface area contributed by atoms with Crippen molar-refractivity contribution in [3.63, 3.8) is 0 Å². The van der Waals surface area contributed by atoms with Gasteiger partial charge in [-0.15, -0.1) is 0 Å². The van der Waals surface area contributed by atoms with Gasteiger partial charge >= 0.3 is 0 Å². The Balaban J connectivity index is 1.12. The van der Waals surface area contributed by atoms with Crippen LogP contribution in [0, 0.1) is 0 Å². The number of fused-ring (bicyclic) bond motifs is 2. The SMILES string of the molecule is CN=C(NCc1ccc(N2CC=CC2)cc1)NC1CC2CCC(C1)N2Cc1ccccc1. The molecule has 0 spiro atoms. The lowest BCUT2D eigenvalue weighted by atomic mass is 9.96. The first kappa shape index (κ1) is 21.1. The number of benzene rings is 2. The van der Waals surface area contributed by atoms with Crippen LogP contribution in [0.5, 0.6) is 0 Å². The highest BCUT2D eigenvalue weighted by Crippen LogP contribution is 2.36. The normalized spacial score (nSPS) is 25.3. The third kappa shape index (κ3) is 4.83. The van der Waals surface area contributed by atoms with Gasteiger partial charge < -0.3 is 15.5 Å². The van der Waals surface area contributed by atoms with Crippen molar-refractivity contribution in [1.29, 1.82) is 0 Å². The molecule has 0 aliphatic carbocycles. The van der Waals surface area contributed by atoms with Gasteiger partial charge in [0.05, 0.1) is 0 Å². The van der Waals surface area contributed by atoms with Crippen LogP contribution in [0.15, 0.2) is 71.7 Å². The maximum atomic E-state index is 4.50. The number of anilines is 1. The average molecular weight is 430 g/mol. The summed E-state index contributed by atoms with van der Waals surface area (Å²) in [5.74, 6) is 0.915. The summed E-state index contributed by atoms with van der Waals surface area (Å²) in [4.78, 5) is 9.61. The highest BCUT2D eigenvalue weighted by Gasteiger charge is 2.40. The molecule has 168 valence electrons. The summed E-state index contributed by atoms with van der Waals surface area (Å²) in [6, 6.07) is 21.6. The van der Waals surface area contributed by atoms with Gasteiger partial charge in [-0.2, -0.15) is 0 Å². The van der Waals surface area contributed by atoms with E-state index in [4.69, 9.17) is 0 Å². The van der Waals surface area contributed by atoms with Crippen molar-refractivity contribution in [1.82, 2.24) is 15.5 Å². The van der Waals surface area contributed by atoms with Gasteiger partial charge in [0.1, 0.15) is 0 Å². The Morgan fingerprint density at radius 1 is 0.906 bits per heavy atom. The van der Waals surface area contributed by atoms with E-state index in [9.17, 15) is 0 Å². The number of aliphatic imine (C=N–C) groups is 1. The summed E-state index contributed by atoms with van der Waals surface area (Å²) in [5, 5.41) is 7.24. The minimum Gasteiger partial charge on any atom is -0.364 e. The monoisotopic (exact) mass is 429 g/mol. The quantitative estimate of drug-likeness (QED) is 0.415. The predicted octanol–water partition coefficient (Wildman–Crippen LogP) is 3.92. The van der Waals surface area contributed by atoms with Crippen LogP contribution in [-0.4, -0.2) is 49.1 Å². The van der Waals surface area contributed by atoms with E-state index >= 15 is 0 Å². The molecular formula is C27H35N5. The zero-order chi connectivity index (χ0) is 21.8. The minimum atomic E-state index is 0.496. The number of hydrogen-bond donors (Lipinski definition) is 2. The van der Waals surface area contributed by atoms with E-state index in [1.807, 2.05) is 7.05 Å². The molecule has 2 saturated heterocycles. The summed E-state index contributed by atoms with van der Waals surface area (Å²) in [6.07, 6.45) is 9.49. The first-order chi connectivity index (χ1) is 15.8. The standard InChI is InChI=1S/C27H35N5/c1-28-27(29-19-21-9-11-24(12-10-21)31-15-5-6-16-31)30-23-17-25-13-14-26(18-23)32(25)20-22-7-3-2-4-8-22/h2-12,23,25-26H,13-20H2,1H3,(H2,28,29,30). The zero-order valence-corrected chi connectivity index (χ0v) is 19.1. The van der Waals surface area contributed by atoms with Crippen molar-refractivity contribution in [3.05, 3.63) is 77.9 Å². The Morgan fingerprint density at radius 2 is 1.59 bits per heavy atom. The number of piperidine rings is 1. The Hall–Kier alpha value is -2.79. The van der Waals surface area contributed by atoms with E-state index in [0.29, 0.717) is 18.1 Å². The number of hydrogen-bond acceptors (Lipinski definition) is 3. The first-order valence-electron chi connectivity index (χ1n) is 12.0. The van der Waals surface area contributed by atoms with E-state index in [1.165, 1.54) is 42.5 Å². The van der Waals surface area contributed by atoms with Crippen LogP contribution in [0.25, 0.3) is 0 Å². The molecule has 0 amide bonds. The van der Waals surface area contributed by atoms with Crippen LogP contribution in [0.1, 0.15) is 36.8 Å². The molecule has 5 rings (SSSR count). The molecule has 0 saturated carbocycles. The Morgan fingerprint density at radius 3 is 2.25 bits per heavy atom. The van der Waals surface area contributed by atoms with E-state index in [2.05, 4.69) is 92.2 Å². The molecule has 32 heavy (non-hydrogen) atoms. The van der Waals surface area contributed by atoms with Crippen LogP contribution in [0.3, 0.4) is 0 Å². The van der Waals surface area contributed by atoms with Crippen LogP contribution < -0.4 is 15.5 Å². The number of guanidine groups is 1. The molecule has 2 aromatic carbocycles. The van der Waals surface area contributed by atoms with Crippen molar-refractivity contribution in [2.75, 3.05) is 25.0 Å². The van der Waals surface area contributed by atoms with Gasteiger partial charge in [-0.05, 0) is 48.9 Å². The van der Waals surface area contributed by atoms with Gasteiger partial charge in [-0.1, -0.05) is 54.6 Å². The number of nitrogens with one attached hydrogen (secondary N) is 2. The van der Waals surface area contributed by atoms with E-state index < -0.39 is 0 Å². The third-order valence-corrected chi connectivity index (χ3v) is 7.24. The molecule has 3 aliphatic heterocycles. The van der Waals surface area contributed by atoms with Gasteiger partial charge in [-0.3, -0.25) is 9.89 Å². The lowest BCUT2D eigenvalue weighted by Gasteiger charge is -2.39. The molecule has 5 nitrogen and oxygen atoms in total.